The van der Waals surface area contributed by atoms with Gasteiger partial charge in [0.1, 0.15) is 17.8 Å². The lowest BCUT2D eigenvalue weighted by Crippen LogP contribution is -2.60. The number of aromatic nitrogens is 5. The highest BCUT2D eigenvalue weighted by molar-refractivity contribution is 5.96. The lowest BCUT2D eigenvalue weighted by atomic mass is 10.0. The molecular formula is C26H28N8O2. The Labute approximate surface area is 208 Å². The van der Waals surface area contributed by atoms with Crippen LogP contribution in [-0.4, -0.2) is 60.3 Å². The standard InChI is InChI=1S/C26H28N8O2/c1-4-19-15-34(26(36)21-10-18-12-28-8-6-17(18)13-29-21)20(5-2)14-33(19)22-11-24(35)31(3)23-16-32(9-7-27)30-25(22)23/h6,8,10-13,16,19-20H,4-5,9,14-15H2,1-3H3/t19-,20+/m0/s1. The van der Waals surface area contributed by atoms with Gasteiger partial charge in [0.15, 0.2) is 0 Å². The lowest BCUT2D eigenvalue weighted by molar-refractivity contribution is 0.0605. The molecule has 4 aromatic rings. The largest absolute Gasteiger partial charge is 0.363 e. The Kier molecular flexibility index (Phi) is 6.14. The van der Waals surface area contributed by atoms with Crippen molar-refractivity contribution in [1.82, 2.24) is 29.2 Å². The zero-order valence-corrected chi connectivity index (χ0v) is 20.6. The van der Waals surface area contributed by atoms with Gasteiger partial charge in [0.05, 0.1) is 23.5 Å². The monoisotopic (exact) mass is 484 g/mol. The second kappa shape index (κ2) is 9.41. The van der Waals surface area contributed by atoms with Gasteiger partial charge in [-0.15, -0.1) is 0 Å². The zero-order valence-electron chi connectivity index (χ0n) is 20.6. The molecule has 4 aromatic heterocycles. The molecule has 184 valence electrons. The fraction of sp³-hybridized carbons (Fsp3) is 0.385. The first-order valence-corrected chi connectivity index (χ1v) is 12.2. The molecular weight excluding hydrogens is 456 g/mol. The van der Waals surface area contributed by atoms with E-state index in [0.717, 1.165) is 29.3 Å². The highest BCUT2D eigenvalue weighted by atomic mass is 16.2. The first-order chi connectivity index (χ1) is 17.4. The van der Waals surface area contributed by atoms with Crippen LogP contribution in [0.5, 0.6) is 0 Å². The van der Waals surface area contributed by atoms with E-state index in [1.807, 2.05) is 11.0 Å². The van der Waals surface area contributed by atoms with Crippen LogP contribution in [0.1, 0.15) is 37.2 Å². The smallest absolute Gasteiger partial charge is 0.272 e. The van der Waals surface area contributed by atoms with Gasteiger partial charge in [-0.25, -0.2) is 0 Å². The number of nitrogens with zero attached hydrogens (tertiary/aromatic N) is 8. The molecule has 0 N–H and O–H groups in total. The molecule has 10 nitrogen and oxygen atoms in total. The van der Waals surface area contributed by atoms with Crippen molar-refractivity contribution in [1.29, 1.82) is 5.26 Å². The minimum absolute atomic E-state index is 0.00436. The molecule has 0 radical (unpaired) electrons. The fourth-order valence-corrected chi connectivity index (χ4v) is 5.05. The SMILES string of the molecule is CC[C@@H]1CN(c2cc(=O)n(C)c3cn(CC#N)nc23)[C@@H](CC)CN1C(=O)c1cc2cnccc2cn1. The van der Waals surface area contributed by atoms with Crippen molar-refractivity contribution in [3.8, 4) is 6.07 Å². The number of carbonyl (C=O) groups excluding carboxylic acids is 1. The Morgan fingerprint density at radius 3 is 2.69 bits per heavy atom. The summed E-state index contributed by atoms with van der Waals surface area (Å²) in [5, 5.41) is 15.6. The Morgan fingerprint density at radius 2 is 1.94 bits per heavy atom. The van der Waals surface area contributed by atoms with E-state index in [1.54, 1.807) is 53.2 Å². The Morgan fingerprint density at radius 1 is 1.14 bits per heavy atom. The van der Waals surface area contributed by atoms with Gasteiger partial charge in [-0.3, -0.25) is 24.2 Å². The predicted molar refractivity (Wildman–Crippen MR) is 137 cm³/mol. The highest BCUT2D eigenvalue weighted by Gasteiger charge is 2.37. The van der Waals surface area contributed by atoms with Crippen molar-refractivity contribution in [2.45, 2.75) is 45.3 Å². The maximum Gasteiger partial charge on any atom is 0.272 e. The molecule has 1 aliphatic rings. The zero-order chi connectivity index (χ0) is 25.4. The number of hydrogen-bond acceptors (Lipinski definition) is 7. The number of piperazine rings is 1. The van der Waals surface area contributed by atoms with Gasteiger partial charge >= 0.3 is 0 Å². The third-order valence-corrected chi connectivity index (χ3v) is 7.12. The first-order valence-electron chi connectivity index (χ1n) is 12.2. The van der Waals surface area contributed by atoms with Crippen molar-refractivity contribution >= 4 is 33.4 Å². The summed E-state index contributed by atoms with van der Waals surface area (Å²) in [4.78, 5) is 39.2. The summed E-state index contributed by atoms with van der Waals surface area (Å²) in [6.07, 6.45) is 8.44. The molecule has 0 aromatic carbocycles. The summed E-state index contributed by atoms with van der Waals surface area (Å²) in [6.45, 7) is 5.33. The van der Waals surface area contributed by atoms with Crippen LogP contribution in [0.15, 0.2) is 47.8 Å². The van der Waals surface area contributed by atoms with Gasteiger partial charge in [0.25, 0.3) is 11.5 Å². The number of amides is 1. The van der Waals surface area contributed by atoms with Crippen LogP contribution in [0, 0.1) is 11.3 Å². The first kappa shape index (κ1) is 23.5. The number of hydrogen-bond donors (Lipinski definition) is 0. The van der Waals surface area contributed by atoms with Gasteiger partial charge < -0.3 is 14.4 Å². The third kappa shape index (κ3) is 3.96. The average molecular weight is 485 g/mol. The summed E-state index contributed by atoms with van der Waals surface area (Å²) in [7, 11) is 1.71. The van der Waals surface area contributed by atoms with E-state index in [1.165, 1.54) is 0 Å². The molecule has 0 bridgehead atoms. The van der Waals surface area contributed by atoms with Gasteiger partial charge in [-0.05, 0) is 25.0 Å². The Bertz CT molecular complexity index is 1550. The van der Waals surface area contributed by atoms with Crippen molar-refractivity contribution in [2.75, 3.05) is 18.0 Å². The van der Waals surface area contributed by atoms with E-state index in [4.69, 9.17) is 5.26 Å². The second-order valence-electron chi connectivity index (χ2n) is 9.17. The maximum atomic E-state index is 13.6. The number of fused-ring (bicyclic) bond motifs is 2. The summed E-state index contributed by atoms with van der Waals surface area (Å²) in [6, 6.07) is 7.34. The van der Waals surface area contributed by atoms with Crippen LogP contribution >= 0.6 is 0 Å². The molecule has 1 aliphatic heterocycles. The van der Waals surface area contributed by atoms with Crippen molar-refractivity contribution < 1.29 is 4.79 Å². The van der Waals surface area contributed by atoms with E-state index in [9.17, 15) is 9.59 Å². The number of aryl methyl sites for hydroxylation is 1. The molecule has 10 heteroatoms. The minimum atomic E-state index is -0.135. The lowest BCUT2D eigenvalue weighted by Gasteiger charge is -2.47. The molecule has 36 heavy (non-hydrogen) atoms. The van der Waals surface area contributed by atoms with Gasteiger partial charge in [-0.1, -0.05) is 13.8 Å². The third-order valence-electron chi connectivity index (χ3n) is 7.12. The van der Waals surface area contributed by atoms with Crippen molar-refractivity contribution in [3.63, 3.8) is 0 Å². The minimum Gasteiger partial charge on any atom is -0.363 e. The van der Waals surface area contributed by atoms with E-state index in [2.05, 4.69) is 39.9 Å². The molecule has 0 spiro atoms. The molecule has 1 amide bonds. The molecule has 2 atom stereocenters. The molecule has 1 saturated heterocycles. The number of carbonyl (C=O) groups is 1. The molecule has 0 saturated carbocycles. The van der Waals surface area contributed by atoms with Gasteiger partial charge in [0, 0.05) is 67.7 Å². The predicted octanol–water partition coefficient (Wildman–Crippen LogP) is 2.72. The average Bonchev–Trinajstić information content (AvgIpc) is 3.33. The Balaban J connectivity index is 1.51. The van der Waals surface area contributed by atoms with E-state index in [-0.39, 0.29) is 30.1 Å². The van der Waals surface area contributed by atoms with E-state index < -0.39 is 0 Å². The normalized spacial score (nSPS) is 18.1. The number of anilines is 1. The molecule has 0 aliphatic carbocycles. The van der Waals surface area contributed by atoms with Crippen LogP contribution in [0.4, 0.5) is 5.69 Å². The molecule has 1 fully saturated rings. The van der Waals surface area contributed by atoms with Crippen LogP contribution in [0.25, 0.3) is 21.8 Å². The van der Waals surface area contributed by atoms with Crippen molar-refractivity contribution in [2.24, 2.45) is 7.05 Å². The molecule has 5 heterocycles. The van der Waals surface area contributed by atoms with Gasteiger partial charge in [0.2, 0.25) is 0 Å². The van der Waals surface area contributed by atoms with Gasteiger partial charge in [-0.2, -0.15) is 10.4 Å². The fourth-order valence-electron chi connectivity index (χ4n) is 5.05. The van der Waals surface area contributed by atoms with Crippen molar-refractivity contribution in [3.05, 3.63) is 59.0 Å². The number of pyridine rings is 3. The highest BCUT2D eigenvalue weighted by Crippen LogP contribution is 2.31. The summed E-state index contributed by atoms with van der Waals surface area (Å²) in [5.41, 5.74) is 2.39. The quantitative estimate of drug-likeness (QED) is 0.428. The number of rotatable bonds is 5. The topological polar surface area (TPSA) is 113 Å². The molecule has 5 rings (SSSR count). The van der Waals surface area contributed by atoms with E-state index in [0.29, 0.717) is 29.8 Å². The van der Waals surface area contributed by atoms with Crippen LogP contribution in [0.3, 0.4) is 0 Å². The summed E-state index contributed by atoms with van der Waals surface area (Å²) in [5.74, 6) is -0.0990. The Hall–Kier alpha value is -4.26. The molecule has 0 unspecified atom stereocenters. The number of nitriles is 1. The van der Waals surface area contributed by atoms with Crippen LogP contribution in [0.2, 0.25) is 0 Å². The van der Waals surface area contributed by atoms with Crippen LogP contribution in [-0.2, 0) is 13.6 Å². The second-order valence-corrected chi connectivity index (χ2v) is 9.17. The van der Waals surface area contributed by atoms with Crippen LogP contribution < -0.4 is 10.5 Å². The van der Waals surface area contributed by atoms with E-state index >= 15 is 0 Å². The summed E-state index contributed by atoms with van der Waals surface area (Å²) >= 11 is 0. The summed E-state index contributed by atoms with van der Waals surface area (Å²) < 4.78 is 3.11. The maximum absolute atomic E-state index is 13.6.